The first-order chi connectivity index (χ1) is 7.99. The number of anilines is 1. The van der Waals surface area contributed by atoms with Crippen LogP contribution in [0.25, 0.3) is 0 Å². The fourth-order valence-corrected chi connectivity index (χ4v) is 2.73. The third-order valence-corrected chi connectivity index (χ3v) is 3.65. The molecule has 1 aromatic carbocycles. The lowest BCUT2D eigenvalue weighted by Gasteiger charge is -2.14. The maximum Gasteiger partial charge on any atom is 0.231 e. The number of amides is 1. The molecule has 0 spiro atoms. The van der Waals surface area contributed by atoms with Gasteiger partial charge in [0.15, 0.2) is 0 Å². The summed E-state index contributed by atoms with van der Waals surface area (Å²) in [6.45, 7) is 4.33. The highest BCUT2D eigenvalue weighted by Crippen LogP contribution is 2.34. The van der Waals surface area contributed by atoms with Crippen molar-refractivity contribution in [2.45, 2.75) is 32.1 Å². The molecule has 1 atom stereocenters. The van der Waals surface area contributed by atoms with Crippen molar-refractivity contribution in [3.05, 3.63) is 29.3 Å². The van der Waals surface area contributed by atoms with Crippen molar-refractivity contribution >= 4 is 23.2 Å². The molecule has 1 amide bonds. The Morgan fingerprint density at radius 3 is 2.76 bits per heavy atom. The van der Waals surface area contributed by atoms with E-state index in [0.29, 0.717) is 12.3 Å². The van der Waals surface area contributed by atoms with Gasteiger partial charge in [-0.3, -0.25) is 4.79 Å². The normalized spacial score (nSPS) is 16.5. The second kappa shape index (κ2) is 4.69. The number of likely N-dealkylation sites (N-methyl/N-ethyl adjacent to an activating group) is 1. The summed E-state index contributed by atoms with van der Waals surface area (Å²) in [6, 6.07) is 6.12. The van der Waals surface area contributed by atoms with Gasteiger partial charge in [0.05, 0.1) is 11.8 Å². The van der Waals surface area contributed by atoms with Crippen LogP contribution in [0.1, 0.15) is 36.8 Å². The van der Waals surface area contributed by atoms with E-state index >= 15 is 0 Å². The molecule has 0 aliphatic carbocycles. The molecular formula is C14H18ClNO. The third kappa shape index (κ3) is 2.47. The topological polar surface area (TPSA) is 20.3 Å². The van der Waals surface area contributed by atoms with Crippen molar-refractivity contribution in [2.75, 3.05) is 11.9 Å². The van der Waals surface area contributed by atoms with E-state index in [4.69, 9.17) is 11.6 Å². The Balaban J connectivity index is 2.24. The monoisotopic (exact) mass is 251 g/mol. The Labute approximate surface area is 108 Å². The van der Waals surface area contributed by atoms with Gasteiger partial charge in [-0.15, -0.1) is 11.6 Å². The van der Waals surface area contributed by atoms with E-state index in [0.717, 1.165) is 23.2 Å². The number of carbonyl (C=O) groups excluding carboxylic acids is 1. The summed E-state index contributed by atoms with van der Waals surface area (Å²) < 4.78 is 0. The van der Waals surface area contributed by atoms with Gasteiger partial charge in [-0.2, -0.15) is 0 Å². The second-order valence-corrected chi connectivity index (χ2v) is 5.64. The first kappa shape index (κ1) is 12.4. The molecule has 0 bridgehead atoms. The molecular weight excluding hydrogens is 234 g/mol. The van der Waals surface area contributed by atoms with Gasteiger partial charge in [0.25, 0.3) is 0 Å². The van der Waals surface area contributed by atoms with Crippen LogP contribution in [0.2, 0.25) is 0 Å². The van der Waals surface area contributed by atoms with E-state index in [1.54, 1.807) is 4.90 Å². The van der Waals surface area contributed by atoms with Crippen LogP contribution in [0, 0.1) is 5.92 Å². The molecule has 0 aromatic heterocycles. The lowest BCUT2D eigenvalue weighted by Crippen LogP contribution is -2.20. The highest BCUT2D eigenvalue weighted by atomic mass is 35.5. The van der Waals surface area contributed by atoms with Gasteiger partial charge in [-0.1, -0.05) is 26.0 Å². The Kier molecular flexibility index (Phi) is 3.43. The first-order valence-corrected chi connectivity index (χ1v) is 6.46. The average molecular weight is 252 g/mol. The minimum Gasteiger partial charge on any atom is -0.315 e. The molecule has 2 nitrogen and oxygen atoms in total. The van der Waals surface area contributed by atoms with Crippen LogP contribution in [-0.4, -0.2) is 13.0 Å². The van der Waals surface area contributed by atoms with Crippen LogP contribution in [0.4, 0.5) is 5.69 Å². The summed E-state index contributed by atoms with van der Waals surface area (Å²) in [5.41, 5.74) is 3.25. The van der Waals surface area contributed by atoms with Crippen molar-refractivity contribution in [3.8, 4) is 0 Å². The van der Waals surface area contributed by atoms with Crippen LogP contribution >= 0.6 is 11.6 Å². The van der Waals surface area contributed by atoms with Gasteiger partial charge in [0.1, 0.15) is 0 Å². The summed E-state index contributed by atoms with van der Waals surface area (Å²) in [6.07, 6.45) is 1.47. The van der Waals surface area contributed by atoms with E-state index in [1.165, 1.54) is 0 Å². The Morgan fingerprint density at radius 1 is 1.41 bits per heavy atom. The summed E-state index contributed by atoms with van der Waals surface area (Å²) in [5, 5.41) is 0.0429. The number of hydrogen-bond acceptors (Lipinski definition) is 1. The molecule has 1 heterocycles. The van der Waals surface area contributed by atoms with Crippen molar-refractivity contribution in [2.24, 2.45) is 5.92 Å². The van der Waals surface area contributed by atoms with E-state index < -0.39 is 0 Å². The predicted octanol–water partition coefficient (Wildman–Crippen LogP) is 3.53. The van der Waals surface area contributed by atoms with E-state index in [1.807, 2.05) is 19.2 Å². The molecule has 17 heavy (non-hydrogen) atoms. The Bertz CT molecular complexity index is 442. The highest BCUT2D eigenvalue weighted by Gasteiger charge is 2.24. The number of nitrogens with zero attached hydrogens (tertiary/aromatic N) is 1. The van der Waals surface area contributed by atoms with Crippen molar-refractivity contribution in [1.82, 2.24) is 0 Å². The van der Waals surface area contributed by atoms with Gasteiger partial charge in [-0.05, 0) is 29.5 Å². The van der Waals surface area contributed by atoms with Crippen LogP contribution in [0.5, 0.6) is 0 Å². The zero-order valence-electron chi connectivity index (χ0n) is 10.5. The number of rotatable bonds is 3. The minimum atomic E-state index is 0.0429. The van der Waals surface area contributed by atoms with Crippen LogP contribution < -0.4 is 4.90 Å². The molecule has 1 aliphatic rings. The SMILES string of the molecule is CC(C)CC(Cl)c1ccc2c(c1)CC(=O)N2C. The smallest absolute Gasteiger partial charge is 0.231 e. The van der Waals surface area contributed by atoms with Gasteiger partial charge in [-0.25, -0.2) is 0 Å². The maximum atomic E-state index is 11.6. The number of alkyl halides is 1. The summed E-state index contributed by atoms with van der Waals surface area (Å²) >= 11 is 6.38. The van der Waals surface area contributed by atoms with E-state index in [-0.39, 0.29) is 11.3 Å². The Hall–Kier alpha value is -1.02. The second-order valence-electron chi connectivity index (χ2n) is 5.11. The number of benzene rings is 1. The van der Waals surface area contributed by atoms with Crippen LogP contribution in [-0.2, 0) is 11.2 Å². The van der Waals surface area contributed by atoms with Crippen molar-refractivity contribution in [1.29, 1.82) is 0 Å². The number of carbonyl (C=O) groups is 1. The molecule has 0 radical (unpaired) electrons. The maximum absolute atomic E-state index is 11.6. The molecule has 1 aromatic rings. The molecule has 3 heteroatoms. The Morgan fingerprint density at radius 2 is 2.12 bits per heavy atom. The number of hydrogen-bond donors (Lipinski definition) is 0. The number of fused-ring (bicyclic) bond motifs is 1. The van der Waals surface area contributed by atoms with E-state index in [2.05, 4.69) is 19.9 Å². The number of halogens is 1. The van der Waals surface area contributed by atoms with Crippen molar-refractivity contribution < 1.29 is 4.79 Å². The molecule has 0 fully saturated rings. The van der Waals surface area contributed by atoms with Crippen LogP contribution in [0.3, 0.4) is 0 Å². The highest BCUT2D eigenvalue weighted by molar-refractivity contribution is 6.20. The molecule has 0 saturated carbocycles. The lowest BCUT2D eigenvalue weighted by molar-refractivity contribution is -0.117. The zero-order valence-corrected chi connectivity index (χ0v) is 11.3. The third-order valence-electron chi connectivity index (χ3n) is 3.22. The van der Waals surface area contributed by atoms with Gasteiger partial charge >= 0.3 is 0 Å². The molecule has 92 valence electrons. The fourth-order valence-electron chi connectivity index (χ4n) is 2.23. The summed E-state index contributed by atoms with van der Waals surface area (Å²) in [5.74, 6) is 0.738. The molecule has 2 rings (SSSR count). The van der Waals surface area contributed by atoms with Gasteiger partial charge in [0.2, 0.25) is 5.91 Å². The quantitative estimate of drug-likeness (QED) is 0.753. The zero-order chi connectivity index (χ0) is 12.6. The molecule has 1 unspecified atom stereocenters. The average Bonchev–Trinajstić information content (AvgIpc) is 2.53. The standard InChI is InChI=1S/C14H18ClNO/c1-9(2)6-12(15)10-4-5-13-11(7-10)8-14(17)16(13)3/h4-5,7,9,12H,6,8H2,1-3H3. The summed E-state index contributed by atoms with van der Waals surface area (Å²) in [4.78, 5) is 13.3. The first-order valence-electron chi connectivity index (χ1n) is 6.02. The van der Waals surface area contributed by atoms with Crippen LogP contribution in [0.15, 0.2) is 18.2 Å². The lowest BCUT2D eigenvalue weighted by atomic mass is 9.99. The summed E-state index contributed by atoms with van der Waals surface area (Å²) in [7, 11) is 1.82. The fraction of sp³-hybridized carbons (Fsp3) is 0.500. The molecule has 0 saturated heterocycles. The van der Waals surface area contributed by atoms with Crippen molar-refractivity contribution in [3.63, 3.8) is 0 Å². The largest absolute Gasteiger partial charge is 0.315 e. The minimum absolute atomic E-state index is 0.0429. The predicted molar refractivity (Wildman–Crippen MR) is 71.6 cm³/mol. The molecule has 1 aliphatic heterocycles. The van der Waals surface area contributed by atoms with E-state index in [9.17, 15) is 4.79 Å². The van der Waals surface area contributed by atoms with Gasteiger partial charge < -0.3 is 4.90 Å². The molecule has 0 N–H and O–H groups in total. The van der Waals surface area contributed by atoms with Gasteiger partial charge in [0, 0.05) is 12.7 Å².